The molecule has 0 unspecified atom stereocenters. The summed E-state index contributed by atoms with van der Waals surface area (Å²) in [6, 6.07) is 52.6. The first-order valence-electron chi connectivity index (χ1n) is 14.9. The Morgan fingerprint density at radius 1 is 0.432 bits per heavy atom. The highest BCUT2D eigenvalue weighted by Crippen LogP contribution is 2.47. The van der Waals surface area contributed by atoms with Crippen LogP contribution in [0, 0.1) is 0 Å². The first kappa shape index (κ1) is 25.0. The van der Waals surface area contributed by atoms with E-state index in [1.54, 1.807) is 0 Å². The minimum absolute atomic E-state index is 1.08. The van der Waals surface area contributed by atoms with E-state index in [1.807, 2.05) is 23.7 Å². The van der Waals surface area contributed by atoms with E-state index in [2.05, 4.69) is 150 Å². The van der Waals surface area contributed by atoms with Crippen molar-refractivity contribution in [2.75, 3.05) is 4.90 Å². The molecule has 0 radical (unpaired) electrons. The molecule has 44 heavy (non-hydrogen) atoms. The van der Waals surface area contributed by atoms with Crippen molar-refractivity contribution in [1.82, 2.24) is 4.98 Å². The van der Waals surface area contributed by atoms with Gasteiger partial charge in [-0.2, -0.15) is 0 Å². The van der Waals surface area contributed by atoms with E-state index in [0.29, 0.717) is 0 Å². The molecular weight excluding hydrogens is 553 g/mol. The zero-order chi connectivity index (χ0) is 29.0. The third-order valence-corrected chi connectivity index (χ3v) is 9.94. The molecule has 206 valence electrons. The van der Waals surface area contributed by atoms with Gasteiger partial charge < -0.3 is 4.90 Å². The van der Waals surface area contributed by atoms with Crippen LogP contribution in [0.5, 0.6) is 0 Å². The van der Waals surface area contributed by atoms with Gasteiger partial charge in [-0.25, -0.2) is 0 Å². The summed E-state index contributed by atoms with van der Waals surface area (Å²) in [5.41, 5.74) is 5.73. The standard InChI is InChI=1S/C41H26N2S/c1-2-10-27(11-3-1)28-18-21-30(22-19-28)43(39-26-42-25-37-35-16-8-9-17-40(35)44-41(37)39)38-24-36-31-13-5-4-12-29(31)20-23-33(36)32-14-6-7-15-34(32)38/h1-26H. The number of rotatable bonds is 4. The van der Waals surface area contributed by atoms with Crippen molar-refractivity contribution < 1.29 is 0 Å². The van der Waals surface area contributed by atoms with Crippen molar-refractivity contribution in [2.24, 2.45) is 0 Å². The van der Waals surface area contributed by atoms with Gasteiger partial charge in [-0.15, -0.1) is 11.3 Å². The van der Waals surface area contributed by atoms with E-state index in [4.69, 9.17) is 4.98 Å². The maximum atomic E-state index is 4.83. The predicted molar refractivity (Wildman–Crippen MR) is 190 cm³/mol. The third-order valence-electron chi connectivity index (χ3n) is 8.73. The van der Waals surface area contributed by atoms with E-state index in [9.17, 15) is 0 Å². The maximum Gasteiger partial charge on any atom is 0.0825 e. The number of thiophene rings is 1. The second-order valence-electron chi connectivity index (χ2n) is 11.2. The second kappa shape index (κ2) is 10.0. The largest absolute Gasteiger partial charge is 0.307 e. The quantitative estimate of drug-likeness (QED) is 0.193. The number of hydrogen-bond acceptors (Lipinski definition) is 3. The number of fused-ring (bicyclic) bond motifs is 8. The van der Waals surface area contributed by atoms with Crippen LogP contribution in [-0.2, 0) is 0 Å². The summed E-state index contributed by atoms with van der Waals surface area (Å²) in [7, 11) is 0. The summed E-state index contributed by atoms with van der Waals surface area (Å²) in [6.45, 7) is 0. The molecule has 2 heterocycles. The summed E-state index contributed by atoms with van der Waals surface area (Å²) in [5, 5.41) is 9.90. The maximum absolute atomic E-state index is 4.83. The van der Waals surface area contributed by atoms with E-state index in [1.165, 1.54) is 63.6 Å². The Bertz CT molecular complexity index is 2490. The summed E-state index contributed by atoms with van der Waals surface area (Å²) in [5.74, 6) is 0. The highest BCUT2D eigenvalue weighted by molar-refractivity contribution is 7.26. The smallest absolute Gasteiger partial charge is 0.0825 e. The van der Waals surface area contributed by atoms with Crippen molar-refractivity contribution in [3.8, 4) is 11.1 Å². The molecule has 2 nitrogen and oxygen atoms in total. The van der Waals surface area contributed by atoms with E-state index in [0.717, 1.165) is 17.1 Å². The van der Waals surface area contributed by atoms with Crippen LogP contribution in [0.4, 0.5) is 17.1 Å². The van der Waals surface area contributed by atoms with Gasteiger partial charge in [0.2, 0.25) is 0 Å². The summed E-state index contributed by atoms with van der Waals surface area (Å²) < 4.78 is 2.50. The SMILES string of the molecule is c1ccc(-c2ccc(N(c3cc4c5ccccc5ccc4c4ccccc34)c3cncc4c3sc3ccccc34)cc2)cc1. The van der Waals surface area contributed by atoms with Crippen LogP contribution in [0.15, 0.2) is 158 Å². The fraction of sp³-hybridized carbons (Fsp3) is 0. The number of nitrogens with zero attached hydrogens (tertiary/aromatic N) is 2. The van der Waals surface area contributed by atoms with Gasteiger partial charge in [-0.3, -0.25) is 4.98 Å². The van der Waals surface area contributed by atoms with Gasteiger partial charge in [0.1, 0.15) is 0 Å². The normalized spacial score (nSPS) is 11.6. The second-order valence-corrected chi connectivity index (χ2v) is 12.3. The Morgan fingerprint density at radius 3 is 1.93 bits per heavy atom. The lowest BCUT2D eigenvalue weighted by Gasteiger charge is -2.28. The number of benzene rings is 7. The van der Waals surface area contributed by atoms with Crippen LogP contribution in [0.3, 0.4) is 0 Å². The lowest BCUT2D eigenvalue weighted by atomic mass is 9.95. The Labute approximate surface area is 259 Å². The highest BCUT2D eigenvalue weighted by atomic mass is 32.1. The minimum Gasteiger partial charge on any atom is -0.307 e. The number of pyridine rings is 1. The molecule has 0 saturated carbocycles. The van der Waals surface area contributed by atoms with Gasteiger partial charge >= 0.3 is 0 Å². The van der Waals surface area contributed by atoms with Crippen molar-refractivity contribution in [1.29, 1.82) is 0 Å². The topological polar surface area (TPSA) is 16.1 Å². The Kier molecular flexibility index (Phi) is 5.71. The highest BCUT2D eigenvalue weighted by Gasteiger charge is 2.22. The molecule has 0 amide bonds. The lowest BCUT2D eigenvalue weighted by Crippen LogP contribution is -2.11. The molecule has 3 heteroatoms. The first-order chi connectivity index (χ1) is 21.8. The molecule has 0 N–H and O–H groups in total. The van der Waals surface area contributed by atoms with Gasteiger partial charge in [0, 0.05) is 32.7 Å². The lowest BCUT2D eigenvalue weighted by molar-refractivity contribution is 1.27. The summed E-state index contributed by atoms with van der Waals surface area (Å²) in [4.78, 5) is 7.25. The molecule has 2 aromatic heterocycles. The van der Waals surface area contributed by atoms with Crippen molar-refractivity contribution in [3.63, 3.8) is 0 Å². The fourth-order valence-corrected chi connectivity index (χ4v) is 7.83. The monoisotopic (exact) mass is 578 g/mol. The minimum atomic E-state index is 1.08. The van der Waals surface area contributed by atoms with Gasteiger partial charge in [-0.1, -0.05) is 121 Å². The zero-order valence-electron chi connectivity index (χ0n) is 23.8. The van der Waals surface area contributed by atoms with Crippen LogP contribution in [0.25, 0.3) is 63.6 Å². The number of anilines is 3. The van der Waals surface area contributed by atoms with Gasteiger partial charge in [-0.05, 0) is 62.3 Å². The van der Waals surface area contributed by atoms with Crippen LogP contribution >= 0.6 is 11.3 Å². The van der Waals surface area contributed by atoms with Crippen molar-refractivity contribution in [3.05, 3.63) is 158 Å². The molecule has 9 aromatic rings. The van der Waals surface area contributed by atoms with Crippen LogP contribution in [0.2, 0.25) is 0 Å². The fourth-order valence-electron chi connectivity index (χ4n) is 6.65. The van der Waals surface area contributed by atoms with Gasteiger partial charge in [0.25, 0.3) is 0 Å². The molecule has 0 spiro atoms. The van der Waals surface area contributed by atoms with Crippen molar-refractivity contribution in [2.45, 2.75) is 0 Å². The molecule has 0 fully saturated rings. The van der Waals surface area contributed by atoms with Crippen LogP contribution in [-0.4, -0.2) is 4.98 Å². The first-order valence-corrected chi connectivity index (χ1v) is 15.7. The number of aromatic nitrogens is 1. The van der Waals surface area contributed by atoms with E-state index >= 15 is 0 Å². The molecule has 0 aliphatic heterocycles. The van der Waals surface area contributed by atoms with Crippen LogP contribution in [0.1, 0.15) is 0 Å². The zero-order valence-corrected chi connectivity index (χ0v) is 24.6. The average molecular weight is 579 g/mol. The van der Waals surface area contributed by atoms with Gasteiger partial charge in [0.15, 0.2) is 0 Å². The molecule has 0 bridgehead atoms. The summed E-state index contributed by atoms with van der Waals surface area (Å²) in [6.07, 6.45) is 4.05. The van der Waals surface area contributed by atoms with E-state index < -0.39 is 0 Å². The number of hydrogen-bond donors (Lipinski definition) is 0. The summed E-state index contributed by atoms with van der Waals surface area (Å²) >= 11 is 1.84. The molecule has 0 aliphatic rings. The van der Waals surface area contributed by atoms with Crippen LogP contribution < -0.4 is 4.90 Å². The Hall–Kier alpha value is -5.51. The molecule has 9 rings (SSSR count). The Morgan fingerprint density at radius 2 is 1.09 bits per heavy atom. The third kappa shape index (κ3) is 3.90. The average Bonchev–Trinajstić information content (AvgIpc) is 3.49. The molecular formula is C41H26N2S. The molecule has 7 aromatic carbocycles. The molecule has 0 aliphatic carbocycles. The molecule has 0 saturated heterocycles. The predicted octanol–water partition coefficient (Wildman–Crippen LogP) is 12.0. The molecule has 0 atom stereocenters. The Balaban J connectivity index is 1.38. The van der Waals surface area contributed by atoms with E-state index in [-0.39, 0.29) is 0 Å². The van der Waals surface area contributed by atoms with Crippen molar-refractivity contribution >= 4 is 80.9 Å². The van der Waals surface area contributed by atoms with Gasteiger partial charge in [0.05, 0.1) is 22.3 Å².